The van der Waals surface area contributed by atoms with Gasteiger partial charge in [-0.1, -0.05) is 12.1 Å². The van der Waals surface area contributed by atoms with Crippen molar-refractivity contribution in [2.45, 2.75) is 26.4 Å². The van der Waals surface area contributed by atoms with Gasteiger partial charge in [-0.15, -0.1) is 0 Å². The number of aromatic nitrogens is 2. The molecule has 1 aliphatic heterocycles. The second-order valence-corrected chi connectivity index (χ2v) is 8.09. The van der Waals surface area contributed by atoms with Crippen LogP contribution in [-0.4, -0.2) is 60.2 Å². The summed E-state index contributed by atoms with van der Waals surface area (Å²) in [5, 5.41) is 0.633. The van der Waals surface area contributed by atoms with Gasteiger partial charge < -0.3 is 14.5 Å². The van der Waals surface area contributed by atoms with Crippen molar-refractivity contribution in [3.8, 4) is 11.5 Å². The number of ether oxygens (including phenoxy) is 2. The van der Waals surface area contributed by atoms with Gasteiger partial charge in [-0.05, 0) is 49.2 Å². The van der Waals surface area contributed by atoms with Crippen LogP contribution in [-0.2, 0) is 6.54 Å². The van der Waals surface area contributed by atoms with E-state index in [4.69, 9.17) is 14.5 Å². The van der Waals surface area contributed by atoms with Gasteiger partial charge in [-0.3, -0.25) is 14.6 Å². The van der Waals surface area contributed by atoms with Crippen LogP contribution in [0.5, 0.6) is 11.5 Å². The van der Waals surface area contributed by atoms with Gasteiger partial charge in [-0.25, -0.2) is 4.98 Å². The largest absolute Gasteiger partial charge is 0.493 e. The summed E-state index contributed by atoms with van der Waals surface area (Å²) in [6.45, 7) is 8.85. The number of aryl methyl sites for hydroxylation is 1. The molecular weight excluding hydrogens is 392 g/mol. The molecule has 1 atom stereocenters. The predicted octanol–water partition coefficient (Wildman–Crippen LogP) is 3.13. The first-order chi connectivity index (χ1) is 15.0. The summed E-state index contributed by atoms with van der Waals surface area (Å²) in [7, 11) is 3.33. The van der Waals surface area contributed by atoms with E-state index in [0.717, 1.165) is 55.6 Å². The van der Waals surface area contributed by atoms with Gasteiger partial charge in [0.1, 0.15) is 5.82 Å². The number of hydrogen-bond acceptors (Lipinski definition) is 6. The molecule has 1 aromatic heterocycles. The van der Waals surface area contributed by atoms with Crippen LogP contribution >= 0.6 is 0 Å². The molecule has 0 aliphatic carbocycles. The van der Waals surface area contributed by atoms with Crippen molar-refractivity contribution in [3.63, 3.8) is 0 Å². The van der Waals surface area contributed by atoms with E-state index in [-0.39, 0.29) is 11.6 Å². The molecular formula is C24H30N4O3. The van der Waals surface area contributed by atoms with Crippen LogP contribution in [0.3, 0.4) is 0 Å². The van der Waals surface area contributed by atoms with Crippen molar-refractivity contribution >= 4 is 10.9 Å². The summed E-state index contributed by atoms with van der Waals surface area (Å²) in [5.74, 6) is 2.26. The molecule has 164 valence electrons. The highest BCUT2D eigenvalue weighted by Crippen LogP contribution is 2.31. The number of H-pyrrole nitrogens is 1. The number of aromatic amines is 1. The maximum atomic E-state index is 12.4. The topological polar surface area (TPSA) is 70.7 Å². The maximum Gasteiger partial charge on any atom is 0.258 e. The minimum absolute atomic E-state index is 0.0577. The summed E-state index contributed by atoms with van der Waals surface area (Å²) >= 11 is 0. The van der Waals surface area contributed by atoms with Crippen molar-refractivity contribution in [2.75, 3.05) is 40.4 Å². The molecule has 7 heteroatoms. The third-order valence-corrected chi connectivity index (χ3v) is 6.22. The summed E-state index contributed by atoms with van der Waals surface area (Å²) in [4.78, 5) is 25.0. The van der Waals surface area contributed by atoms with E-state index in [1.165, 1.54) is 11.1 Å². The van der Waals surface area contributed by atoms with Gasteiger partial charge in [-0.2, -0.15) is 0 Å². The summed E-state index contributed by atoms with van der Waals surface area (Å²) in [6, 6.07) is 11.7. The van der Waals surface area contributed by atoms with Crippen LogP contribution in [0.25, 0.3) is 10.9 Å². The molecule has 0 bridgehead atoms. The second-order valence-electron chi connectivity index (χ2n) is 8.09. The Balaban J connectivity index is 1.43. The second kappa shape index (κ2) is 9.08. The van der Waals surface area contributed by atoms with Crippen LogP contribution in [0.4, 0.5) is 0 Å². The van der Waals surface area contributed by atoms with E-state index < -0.39 is 0 Å². The molecule has 1 saturated heterocycles. The van der Waals surface area contributed by atoms with Gasteiger partial charge in [0.15, 0.2) is 11.5 Å². The highest BCUT2D eigenvalue weighted by molar-refractivity contribution is 5.77. The molecule has 2 heterocycles. The fourth-order valence-electron chi connectivity index (χ4n) is 4.22. The monoisotopic (exact) mass is 422 g/mol. The van der Waals surface area contributed by atoms with E-state index in [1.807, 2.05) is 30.3 Å². The third-order valence-electron chi connectivity index (χ3n) is 6.22. The quantitative estimate of drug-likeness (QED) is 0.658. The van der Waals surface area contributed by atoms with Gasteiger partial charge in [0, 0.05) is 32.7 Å². The number of nitrogens with zero attached hydrogens (tertiary/aromatic N) is 3. The Kier molecular flexibility index (Phi) is 6.25. The molecule has 0 saturated carbocycles. The van der Waals surface area contributed by atoms with E-state index >= 15 is 0 Å². The number of piperazine rings is 1. The first-order valence-electron chi connectivity index (χ1n) is 10.7. The molecule has 3 aromatic rings. The molecule has 1 N–H and O–H groups in total. The molecule has 31 heavy (non-hydrogen) atoms. The number of methoxy groups -OCH3 is 2. The maximum absolute atomic E-state index is 12.4. The van der Waals surface area contributed by atoms with Gasteiger partial charge in [0.25, 0.3) is 5.56 Å². The lowest BCUT2D eigenvalue weighted by Gasteiger charge is -2.37. The summed E-state index contributed by atoms with van der Waals surface area (Å²) < 4.78 is 10.9. The SMILES string of the molecule is COc1cc(C)c(CN2CCN([C@H](C)c3nc4ccccc4c(=O)[nH]3)CC2)cc1OC. The Morgan fingerprint density at radius 1 is 1.06 bits per heavy atom. The smallest absolute Gasteiger partial charge is 0.258 e. The molecule has 0 unspecified atom stereocenters. The lowest BCUT2D eigenvalue weighted by atomic mass is 10.1. The molecule has 2 aromatic carbocycles. The van der Waals surface area contributed by atoms with Gasteiger partial charge >= 0.3 is 0 Å². The number of para-hydroxylation sites is 1. The number of nitrogens with one attached hydrogen (secondary N) is 1. The van der Waals surface area contributed by atoms with Gasteiger partial charge in [0.2, 0.25) is 0 Å². The normalized spacial score (nSPS) is 16.4. The van der Waals surface area contributed by atoms with Crippen molar-refractivity contribution in [2.24, 2.45) is 0 Å². The zero-order chi connectivity index (χ0) is 22.0. The molecule has 7 nitrogen and oxygen atoms in total. The van der Waals surface area contributed by atoms with Crippen molar-refractivity contribution < 1.29 is 9.47 Å². The third kappa shape index (κ3) is 4.43. The number of rotatable bonds is 6. The van der Waals surface area contributed by atoms with Crippen LogP contribution in [0.15, 0.2) is 41.2 Å². The molecule has 1 aliphatic rings. The van der Waals surface area contributed by atoms with Crippen LogP contribution in [0.1, 0.15) is 29.9 Å². The van der Waals surface area contributed by atoms with E-state index in [9.17, 15) is 4.79 Å². The minimum Gasteiger partial charge on any atom is -0.493 e. The van der Waals surface area contributed by atoms with E-state index in [1.54, 1.807) is 14.2 Å². The predicted molar refractivity (Wildman–Crippen MR) is 122 cm³/mol. The van der Waals surface area contributed by atoms with Crippen molar-refractivity contribution in [1.29, 1.82) is 0 Å². The Bertz CT molecular complexity index is 1120. The average Bonchev–Trinajstić information content (AvgIpc) is 2.80. The highest BCUT2D eigenvalue weighted by Gasteiger charge is 2.24. The number of benzene rings is 2. The standard InChI is InChI=1S/C24H30N4O3/c1-16-13-21(30-3)22(31-4)14-18(16)15-27-9-11-28(12-10-27)17(2)23-25-20-8-6-5-7-19(20)24(29)26-23/h5-8,13-14,17H,9-12,15H2,1-4H3,(H,25,26,29)/t17-/m1/s1. The van der Waals surface area contributed by atoms with Gasteiger partial charge in [0.05, 0.1) is 31.2 Å². The first-order valence-corrected chi connectivity index (χ1v) is 10.7. The Hall–Kier alpha value is -2.90. The van der Waals surface area contributed by atoms with Crippen molar-refractivity contribution in [3.05, 3.63) is 63.7 Å². The zero-order valence-electron chi connectivity index (χ0n) is 18.6. The minimum atomic E-state index is -0.0741. The Morgan fingerprint density at radius 3 is 2.45 bits per heavy atom. The van der Waals surface area contributed by atoms with Crippen LogP contribution in [0, 0.1) is 6.92 Å². The molecule has 0 amide bonds. The molecule has 0 radical (unpaired) electrons. The molecule has 0 spiro atoms. The van der Waals surface area contributed by atoms with Crippen molar-refractivity contribution in [1.82, 2.24) is 19.8 Å². The zero-order valence-corrected chi connectivity index (χ0v) is 18.6. The Labute approximate surface area is 182 Å². The summed E-state index contributed by atoms with van der Waals surface area (Å²) in [6.07, 6.45) is 0. The molecule has 1 fully saturated rings. The average molecular weight is 423 g/mol. The van der Waals surface area contributed by atoms with Crippen LogP contribution < -0.4 is 15.0 Å². The lowest BCUT2D eigenvalue weighted by Crippen LogP contribution is -2.47. The number of hydrogen-bond donors (Lipinski definition) is 1. The fourth-order valence-corrected chi connectivity index (χ4v) is 4.22. The Morgan fingerprint density at radius 2 is 1.74 bits per heavy atom. The fraction of sp³-hybridized carbons (Fsp3) is 0.417. The van der Waals surface area contributed by atoms with E-state index in [0.29, 0.717) is 5.39 Å². The summed E-state index contributed by atoms with van der Waals surface area (Å²) in [5.41, 5.74) is 3.12. The molecule has 4 rings (SSSR count). The lowest BCUT2D eigenvalue weighted by molar-refractivity contribution is 0.0946. The highest BCUT2D eigenvalue weighted by atomic mass is 16.5. The number of fused-ring (bicyclic) bond motifs is 1. The van der Waals surface area contributed by atoms with Crippen LogP contribution in [0.2, 0.25) is 0 Å². The first kappa shape index (κ1) is 21.3. The van der Waals surface area contributed by atoms with E-state index in [2.05, 4.69) is 34.7 Å².